The van der Waals surface area contributed by atoms with Crippen LogP contribution in [-0.2, 0) is 0 Å². The van der Waals surface area contributed by atoms with Crippen LogP contribution in [-0.4, -0.2) is 0 Å². The zero-order valence-corrected chi connectivity index (χ0v) is 20.0. The van der Waals surface area contributed by atoms with E-state index < -0.39 is 0 Å². The molecule has 0 heteroatoms. The fourth-order valence-electron chi connectivity index (χ4n) is 4.34. The van der Waals surface area contributed by atoms with Crippen molar-refractivity contribution in [1.82, 2.24) is 0 Å². The molecule has 0 amide bonds. The molecule has 2 unspecified atom stereocenters. The smallest absolute Gasteiger partial charge is 0.0443 e. The van der Waals surface area contributed by atoms with Crippen LogP contribution < -0.4 is 0 Å². The van der Waals surface area contributed by atoms with Crippen LogP contribution in [0.3, 0.4) is 0 Å². The first kappa shape index (κ1) is 27.0. The van der Waals surface area contributed by atoms with Crippen molar-refractivity contribution < 1.29 is 0 Å². The Labute approximate surface area is 174 Å². The van der Waals surface area contributed by atoms with Crippen molar-refractivity contribution in [2.45, 2.75) is 163 Å². The van der Waals surface area contributed by atoms with Crippen LogP contribution in [0.25, 0.3) is 0 Å². The highest BCUT2D eigenvalue weighted by atomic mass is 14.1. The average Bonchev–Trinajstić information content (AvgIpc) is 2.67. The van der Waals surface area contributed by atoms with Crippen LogP contribution in [0, 0.1) is 11.8 Å². The van der Waals surface area contributed by atoms with Crippen molar-refractivity contribution in [1.29, 1.82) is 0 Å². The van der Waals surface area contributed by atoms with Gasteiger partial charge in [0.25, 0.3) is 0 Å². The maximum atomic E-state index is 2.49. The van der Waals surface area contributed by atoms with E-state index in [4.69, 9.17) is 0 Å². The topological polar surface area (TPSA) is 0 Å². The third-order valence-electron chi connectivity index (χ3n) is 6.49. The molecule has 0 aliphatic carbocycles. The molecule has 0 aromatic carbocycles. The van der Waals surface area contributed by atoms with Crippen molar-refractivity contribution in [2.75, 3.05) is 0 Å². The fraction of sp³-hybridized carbons (Fsp3) is 1.00. The molecule has 0 spiro atoms. The van der Waals surface area contributed by atoms with E-state index in [-0.39, 0.29) is 0 Å². The Morgan fingerprint density at radius 2 is 0.593 bits per heavy atom. The molecule has 0 N–H and O–H groups in total. The number of rotatable bonds is 22. The Balaban J connectivity index is 3.20. The van der Waals surface area contributed by atoms with Crippen molar-refractivity contribution in [3.63, 3.8) is 0 Å². The number of hydrogen-bond donors (Lipinski definition) is 0. The molecule has 0 saturated carbocycles. The Hall–Kier alpha value is 0. The minimum atomic E-state index is 0.965. The van der Waals surface area contributed by atoms with E-state index in [9.17, 15) is 0 Å². The zero-order chi connectivity index (χ0) is 20.0. The van der Waals surface area contributed by atoms with E-state index in [1.54, 1.807) is 0 Å². The fourth-order valence-corrected chi connectivity index (χ4v) is 4.34. The molecule has 0 bridgehead atoms. The van der Waals surface area contributed by atoms with E-state index >= 15 is 0 Å². The molecule has 0 saturated heterocycles. The normalized spacial score (nSPS) is 13.8. The summed E-state index contributed by atoms with van der Waals surface area (Å²) in [5.74, 6) is 1.93. The quantitative estimate of drug-likeness (QED) is 0.164. The summed E-state index contributed by atoms with van der Waals surface area (Å²) in [6, 6.07) is 0. The second-order valence-electron chi connectivity index (χ2n) is 9.67. The van der Waals surface area contributed by atoms with Gasteiger partial charge in [-0.2, -0.15) is 0 Å². The molecule has 27 heavy (non-hydrogen) atoms. The Bertz CT molecular complexity index is 257. The van der Waals surface area contributed by atoms with Gasteiger partial charge in [-0.25, -0.2) is 0 Å². The molecular weight excluding hydrogens is 324 g/mol. The first-order chi connectivity index (χ1) is 13.2. The van der Waals surface area contributed by atoms with Gasteiger partial charge in [0, 0.05) is 0 Å². The van der Waals surface area contributed by atoms with Gasteiger partial charge in [-0.1, -0.05) is 163 Å². The molecule has 164 valence electrons. The van der Waals surface area contributed by atoms with Crippen LogP contribution in [0.15, 0.2) is 0 Å². The van der Waals surface area contributed by atoms with E-state index in [0.717, 1.165) is 11.8 Å². The highest BCUT2D eigenvalue weighted by molar-refractivity contribution is 4.57. The number of unbranched alkanes of at least 4 members (excludes halogenated alkanes) is 14. The molecule has 0 rings (SSSR count). The van der Waals surface area contributed by atoms with Crippen LogP contribution in [0.2, 0.25) is 0 Å². The molecular formula is C27H56. The third kappa shape index (κ3) is 22.2. The van der Waals surface area contributed by atoms with Gasteiger partial charge in [0.1, 0.15) is 0 Å². The summed E-state index contributed by atoms with van der Waals surface area (Å²) < 4.78 is 0. The summed E-state index contributed by atoms with van der Waals surface area (Å²) in [7, 11) is 0. The summed E-state index contributed by atoms with van der Waals surface area (Å²) in [6.45, 7) is 9.55. The maximum Gasteiger partial charge on any atom is -0.0443 e. The van der Waals surface area contributed by atoms with Crippen molar-refractivity contribution in [3.05, 3.63) is 0 Å². The minimum Gasteiger partial charge on any atom is -0.0654 e. The lowest BCUT2D eigenvalue weighted by molar-refractivity contribution is 0.423. The predicted molar refractivity (Wildman–Crippen MR) is 127 cm³/mol. The predicted octanol–water partition coefficient (Wildman–Crippen LogP) is 10.5. The molecule has 0 aromatic heterocycles. The Morgan fingerprint density at radius 3 is 0.926 bits per heavy atom. The molecule has 0 aliphatic rings. The standard InChI is InChI=1S/C27H56/c1-5-7-9-10-11-12-13-16-20-24-27(4)25-21-18-15-14-17-19-23-26(3)22-8-6-2/h26-27H,5-25H2,1-4H3. The Morgan fingerprint density at radius 1 is 0.333 bits per heavy atom. The highest BCUT2D eigenvalue weighted by Crippen LogP contribution is 2.20. The van der Waals surface area contributed by atoms with Gasteiger partial charge in [-0.05, 0) is 11.8 Å². The van der Waals surface area contributed by atoms with Gasteiger partial charge >= 0.3 is 0 Å². The molecule has 0 radical (unpaired) electrons. The van der Waals surface area contributed by atoms with Crippen LogP contribution in [0.1, 0.15) is 163 Å². The molecule has 2 atom stereocenters. The number of hydrogen-bond acceptors (Lipinski definition) is 0. The molecule has 0 aliphatic heterocycles. The molecule has 0 aromatic rings. The lowest BCUT2D eigenvalue weighted by Crippen LogP contribution is -1.96. The summed E-state index contributed by atoms with van der Waals surface area (Å²) in [4.78, 5) is 0. The van der Waals surface area contributed by atoms with E-state index in [1.807, 2.05) is 0 Å². The highest BCUT2D eigenvalue weighted by Gasteiger charge is 2.03. The SMILES string of the molecule is CCCCCCCCCCCC(C)CCCCCCCCC(C)CCCC. The summed E-state index contributed by atoms with van der Waals surface area (Å²) in [5.41, 5.74) is 0. The van der Waals surface area contributed by atoms with Gasteiger partial charge in [-0.15, -0.1) is 0 Å². The van der Waals surface area contributed by atoms with Crippen LogP contribution in [0.5, 0.6) is 0 Å². The summed E-state index contributed by atoms with van der Waals surface area (Å²) >= 11 is 0. The van der Waals surface area contributed by atoms with Crippen LogP contribution >= 0.6 is 0 Å². The van der Waals surface area contributed by atoms with Crippen LogP contribution in [0.4, 0.5) is 0 Å². The van der Waals surface area contributed by atoms with E-state index in [0.29, 0.717) is 0 Å². The van der Waals surface area contributed by atoms with Gasteiger partial charge in [0.15, 0.2) is 0 Å². The molecule has 0 nitrogen and oxygen atoms in total. The van der Waals surface area contributed by atoms with Crippen molar-refractivity contribution in [3.8, 4) is 0 Å². The summed E-state index contributed by atoms with van der Waals surface area (Å²) in [5, 5.41) is 0. The van der Waals surface area contributed by atoms with Gasteiger partial charge in [-0.3, -0.25) is 0 Å². The monoisotopic (exact) mass is 380 g/mol. The minimum absolute atomic E-state index is 0.965. The zero-order valence-electron chi connectivity index (χ0n) is 20.0. The molecule has 0 heterocycles. The lowest BCUT2D eigenvalue weighted by Gasteiger charge is -2.11. The second kappa shape index (κ2) is 22.3. The Kier molecular flexibility index (Phi) is 22.3. The van der Waals surface area contributed by atoms with Gasteiger partial charge < -0.3 is 0 Å². The van der Waals surface area contributed by atoms with E-state index in [2.05, 4.69) is 27.7 Å². The first-order valence-corrected chi connectivity index (χ1v) is 13.2. The van der Waals surface area contributed by atoms with Crippen molar-refractivity contribution in [2.24, 2.45) is 11.8 Å². The lowest BCUT2D eigenvalue weighted by atomic mass is 9.95. The molecule has 0 fully saturated rings. The van der Waals surface area contributed by atoms with Gasteiger partial charge in [0.2, 0.25) is 0 Å². The third-order valence-corrected chi connectivity index (χ3v) is 6.49. The van der Waals surface area contributed by atoms with Crippen molar-refractivity contribution >= 4 is 0 Å². The average molecular weight is 381 g/mol. The first-order valence-electron chi connectivity index (χ1n) is 13.2. The van der Waals surface area contributed by atoms with Gasteiger partial charge in [0.05, 0.1) is 0 Å². The second-order valence-corrected chi connectivity index (χ2v) is 9.67. The largest absolute Gasteiger partial charge is 0.0654 e. The summed E-state index contributed by atoms with van der Waals surface area (Å²) in [6.07, 6.45) is 30.7. The van der Waals surface area contributed by atoms with E-state index in [1.165, 1.54) is 135 Å². The maximum absolute atomic E-state index is 2.49.